The predicted octanol–water partition coefficient (Wildman–Crippen LogP) is 1.32. The molecule has 96 valence electrons. The smallest absolute Gasteiger partial charge is 0.158 e. The Labute approximate surface area is 102 Å². The molecule has 0 amide bonds. The van der Waals surface area contributed by atoms with Gasteiger partial charge in [-0.2, -0.15) is 0 Å². The highest BCUT2D eigenvalue weighted by Gasteiger charge is 2.28. The van der Waals surface area contributed by atoms with Crippen molar-refractivity contribution in [3.63, 3.8) is 0 Å². The van der Waals surface area contributed by atoms with Gasteiger partial charge in [0.15, 0.2) is 5.82 Å². The molecular formula is C12H21N3O2. The zero-order valence-electron chi connectivity index (χ0n) is 10.8. The Morgan fingerprint density at radius 1 is 1.47 bits per heavy atom. The molecule has 17 heavy (non-hydrogen) atoms. The molecule has 1 aliphatic rings. The molecule has 0 radical (unpaired) electrons. The Bertz CT molecular complexity index is 376. The molecule has 1 aromatic heterocycles. The van der Waals surface area contributed by atoms with Crippen molar-refractivity contribution >= 4 is 0 Å². The number of hydrogen-bond acceptors (Lipinski definition) is 4. The van der Waals surface area contributed by atoms with Crippen molar-refractivity contribution in [1.82, 2.24) is 14.8 Å². The van der Waals surface area contributed by atoms with E-state index in [-0.39, 0.29) is 6.61 Å². The lowest BCUT2D eigenvalue weighted by Crippen LogP contribution is -2.15. The van der Waals surface area contributed by atoms with Crippen LogP contribution in [0.1, 0.15) is 44.8 Å². The molecule has 0 bridgehead atoms. The van der Waals surface area contributed by atoms with E-state index in [2.05, 4.69) is 35.5 Å². The summed E-state index contributed by atoms with van der Waals surface area (Å²) in [7, 11) is 0. The van der Waals surface area contributed by atoms with Crippen molar-refractivity contribution in [2.24, 2.45) is 5.92 Å². The van der Waals surface area contributed by atoms with Crippen LogP contribution in [0.5, 0.6) is 0 Å². The van der Waals surface area contributed by atoms with Crippen LogP contribution in [0.3, 0.4) is 0 Å². The van der Waals surface area contributed by atoms with Crippen molar-refractivity contribution in [2.75, 3.05) is 6.61 Å². The first-order valence-electron chi connectivity index (χ1n) is 6.26. The fourth-order valence-corrected chi connectivity index (χ4v) is 2.33. The van der Waals surface area contributed by atoms with Crippen LogP contribution < -0.4 is 0 Å². The number of aliphatic hydroxyl groups is 1. The lowest BCUT2D eigenvalue weighted by Gasteiger charge is -2.14. The van der Waals surface area contributed by atoms with Gasteiger partial charge in [-0.3, -0.25) is 0 Å². The number of nitrogens with zero attached hydrogens (tertiary/aromatic N) is 3. The highest BCUT2D eigenvalue weighted by Crippen LogP contribution is 2.28. The number of aromatic nitrogens is 3. The second kappa shape index (κ2) is 5.14. The molecule has 1 aliphatic heterocycles. The average Bonchev–Trinajstić information content (AvgIpc) is 2.84. The van der Waals surface area contributed by atoms with Gasteiger partial charge in [-0.15, -0.1) is 10.2 Å². The molecular weight excluding hydrogens is 218 g/mol. The summed E-state index contributed by atoms with van der Waals surface area (Å²) in [5, 5.41) is 17.6. The van der Waals surface area contributed by atoms with E-state index in [0.717, 1.165) is 18.8 Å². The molecule has 2 unspecified atom stereocenters. The zero-order valence-corrected chi connectivity index (χ0v) is 10.8. The molecule has 0 saturated carbocycles. The molecule has 2 rings (SSSR count). The topological polar surface area (TPSA) is 60.2 Å². The van der Waals surface area contributed by atoms with Crippen LogP contribution in [0.25, 0.3) is 0 Å². The summed E-state index contributed by atoms with van der Waals surface area (Å²) in [6, 6.07) is 0. The van der Waals surface area contributed by atoms with E-state index in [1.165, 1.54) is 0 Å². The van der Waals surface area contributed by atoms with Gasteiger partial charge in [-0.1, -0.05) is 13.8 Å². The molecule has 5 heteroatoms. The first kappa shape index (κ1) is 12.5. The van der Waals surface area contributed by atoms with Gasteiger partial charge in [0, 0.05) is 12.5 Å². The Kier molecular flexibility index (Phi) is 3.79. The number of aliphatic hydroxyl groups excluding tert-OH is 1. The van der Waals surface area contributed by atoms with Crippen LogP contribution in [-0.2, 0) is 17.9 Å². The normalized spacial score (nSPS) is 24.8. The second-order valence-corrected chi connectivity index (χ2v) is 5.21. The van der Waals surface area contributed by atoms with E-state index >= 15 is 0 Å². The summed E-state index contributed by atoms with van der Waals surface area (Å²) in [6.07, 6.45) is 1.28. The molecule has 0 aliphatic carbocycles. The minimum atomic E-state index is -0.0527. The number of hydrogen-bond donors (Lipinski definition) is 1. The molecule has 2 atom stereocenters. The van der Waals surface area contributed by atoms with Crippen molar-refractivity contribution < 1.29 is 9.84 Å². The molecule has 5 nitrogen and oxygen atoms in total. The maximum absolute atomic E-state index is 9.28. The van der Waals surface area contributed by atoms with Gasteiger partial charge < -0.3 is 14.4 Å². The van der Waals surface area contributed by atoms with Gasteiger partial charge in [-0.05, 0) is 19.3 Å². The summed E-state index contributed by atoms with van der Waals surface area (Å²) < 4.78 is 7.63. The number of ether oxygens (including phenoxy) is 1. The summed E-state index contributed by atoms with van der Waals surface area (Å²) in [4.78, 5) is 0. The maximum atomic E-state index is 9.28. The largest absolute Gasteiger partial charge is 0.388 e. The molecule has 1 saturated heterocycles. The van der Waals surface area contributed by atoms with Crippen LogP contribution in [-0.4, -0.2) is 32.6 Å². The maximum Gasteiger partial charge on any atom is 0.158 e. The average molecular weight is 239 g/mol. The minimum Gasteiger partial charge on any atom is -0.388 e. The van der Waals surface area contributed by atoms with E-state index < -0.39 is 0 Å². The zero-order chi connectivity index (χ0) is 12.4. The SMILES string of the molecule is CC(C)Cn1c(CO)nnc1C1COC(C)C1. The third-order valence-electron chi connectivity index (χ3n) is 3.11. The van der Waals surface area contributed by atoms with Crippen molar-refractivity contribution in [1.29, 1.82) is 0 Å². The Hall–Kier alpha value is -0.940. The van der Waals surface area contributed by atoms with E-state index in [4.69, 9.17) is 4.74 Å². The van der Waals surface area contributed by atoms with Crippen molar-refractivity contribution in [2.45, 2.75) is 52.4 Å². The lowest BCUT2D eigenvalue weighted by atomic mass is 10.1. The standard InChI is InChI=1S/C12H21N3O2/c1-8(2)5-15-11(6-16)13-14-12(15)10-4-9(3)17-7-10/h8-10,16H,4-7H2,1-3H3. The van der Waals surface area contributed by atoms with Crippen LogP contribution in [0, 0.1) is 5.92 Å². The first-order valence-corrected chi connectivity index (χ1v) is 6.26. The molecule has 1 fully saturated rings. The Morgan fingerprint density at radius 2 is 2.24 bits per heavy atom. The summed E-state index contributed by atoms with van der Waals surface area (Å²) in [5.74, 6) is 2.45. The monoisotopic (exact) mass is 239 g/mol. The quantitative estimate of drug-likeness (QED) is 0.861. The third-order valence-corrected chi connectivity index (χ3v) is 3.11. The molecule has 2 heterocycles. The van der Waals surface area contributed by atoms with Crippen molar-refractivity contribution in [3.05, 3.63) is 11.6 Å². The van der Waals surface area contributed by atoms with E-state index in [9.17, 15) is 5.11 Å². The Morgan fingerprint density at radius 3 is 2.76 bits per heavy atom. The van der Waals surface area contributed by atoms with E-state index in [0.29, 0.717) is 30.4 Å². The van der Waals surface area contributed by atoms with Gasteiger partial charge in [0.1, 0.15) is 12.4 Å². The first-order chi connectivity index (χ1) is 8.11. The molecule has 1 aromatic rings. The summed E-state index contributed by atoms with van der Waals surface area (Å²) >= 11 is 0. The Balaban J connectivity index is 2.23. The number of rotatable bonds is 4. The van der Waals surface area contributed by atoms with Crippen LogP contribution in [0.2, 0.25) is 0 Å². The molecule has 1 N–H and O–H groups in total. The fraction of sp³-hybridized carbons (Fsp3) is 0.833. The van der Waals surface area contributed by atoms with E-state index in [1.54, 1.807) is 0 Å². The van der Waals surface area contributed by atoms with Crippen LogP contribution >= 0.6 is 0 Å². The lowest BCUT2D eigenvalue weighted by molar-refractivity contribution is 0.123. The van der Waals surface area contributed by atoms with Gasteiger partial charge in [-0.25, -0.2) is 0 Å². The third kappa shape index (κ3) is 2.66. The predicted molar refractivity (Wildman–Crippen MR) is 63.6 cm³/mol. The van der Waals surface area contributed by atoms with Crippen LogP contribution in [0.4, 0.5) is 0 Å². The van der Waals surface area contributed by atoms with Gasteiger partial charge in [0.2, 0.25) is 0 Å². The minimum absolute atomic E-state index is 0.0527. The molecule has 0 spiro atoms. The summed E-state index contributed by atoms with van der Waals surface area (Å²) in [5.41, 5.74) is 0. The van der Waals surface area contributed by atoms with Gasteiger partial charge in [0.05, 0.1) is 12.7 Å². The van der Waals surface area contributed by atoms with Gasteiger partial charge in [0.25, 0.3) is 0 Å². The highest BCUT2D eigenvalue weighted by molar-refractivity contribution is 5.04. The van der Waals surface area contributed by atoms with E-state index in [1.807, 2.05) is 0 Å². The fourth-order valence-electron chi connectivity index (χ4n) is 2.33. The second-order valence-electron chi connectivity index (χ2n) is 5.21. The highest BCUT2D eigenvalue weighted by atomic mass is 16.5. The molecule has 0 aromatic carbocycles. The summed E-state index contributed by atoms with van der Waals surface area (Å²) in [6.45, 7) is 7.89. The van der Waals surface area contributed by atoms with Gasteiger partial charge >= 0.3 is 0 Å². The van der Waals surface area contributed by atoms with Crippen LogP contribution in [0.15, 0.2) is 0 Å². The van der Waals surface area contributed by atoms with Crippen molar-refractivity contribution in [3.8, 4) is 0 Å².